The molecule has 1 fully saturated rings. The molecule has 1 atom stereocenters. The summed E-state index contributed by atoms with van der Waals surface area (Å²) in [5.74, 6) is 0.371. The molecule has 0 aromatic heterocycles. The van der Waals surface area contributed by atoms with Gasteiger partial charge >= 0.3 is 0 Å². The first-order valence-electron chi connectivity index (χ1n) is 7.61. The van der Waals surface area contributed by atoms with Crippen molar-refractivity contribution >= 4 is 17.3 Å². The van der Waals surface area contributed by atoms with Gasteiger partial charge in [-0.3, -0.25) is 14.4 Å². The summed E-state index contributed by atoms with van der Waals surface area (Å²) >= 11 is 0. The van der Waals surface area contributed by atoms with Crippen molar-refractivity contribution in [3.8, 4) is 0 Å². The number of hydrogen-bond acceptors (Lipinski definition) is 3. The van der Waals surface area contributed by atoms with Crippen LogP contribution in [0.2, 0.25) is 0 Å². The number of carbonyl (C=O) groups excluding carboxylic acids is 3. The van der Waals surface area contributed by atoms with E-state index in [9.17, 15) is 14.4 Å². The average Bonchev–Trinajstić information content (AvgIpc) is 2.44. The summed E-state index contributed by atoms with van der Waals surface area (Å²) in [5, 5.41) is 0. The van der Waals surface area contributed by atoms with Crippen molar-refractivity contribution < 1.29 is 14.4 Å². The molecule has 3 nitrogen and oxygen atoms in total. The van der Waals surface area contributed by atoms with Gasteiger partial charge in [0.25, 0.3) is 0 Å². The maximum Gasteiger partial charge on any atom is 0.159 e. The van der Waals surface area contributed by atoms with E-state index in [1.165, 1.54) is 0 Å². The fourth-order valence-corrected chi connectivity index (χ4v) is 2.98. The normalized spacial score (nSPS) is 18.6. The fourth-order valence-electron chi connectivity index (χ4n) is 2.98. The second-order valence-corrected chi connectivity index (χ2v) is 6.06. The fraction of sp³-hybridized carbons (Fsp3) is 0.500. The van der Waals surface area contributed by atoms with Gasteiger partial charge in [-0.05, 0) is 50.8 Å². The van der Waals surface area contributed by atoms with Gasteiger partial charge < -0.3 is 0 Å². The molecule has 1 aromatic rings. The quantitative estimate of drug-likeness (QED) is 0.779. The Kier molecular flexibility index (Phi) is 5.05. The highest BCUT2D eigenvalue weighted by Crippen LogP contribution is 2.24. The van der Waals surface area contributed by atoms with Crippen molar-refractivity contribution in [1.82, 2.24) is 0 Å². The molecule has 1 aliphatic rings. The molecule has 1 unspecified atom stereocenters. The van der Waals surface area contributed by atoms with Gasteiger partial charge in [0.1, 0.15) is 11.6 Å². The number of rotatable bonds is 5. The Bertz CT molecular complexity index is 572. The van der Waals surface area contributed by atoms with Gasteiger partial charge in [0, 0.05) is 30.7 Å². The molecule has 112 valence electrons. The Hall–Kier alpha value is -1.77. The summed E-state index contributed by atoms with van der Waals surface area (Å²) in [7, 11) is 0. The molecule has 0 N–H and O–H groups in total. The summed E-state index contributed by atoms with van der Waals surface area (Å²) in [6, 6.07) is 5.76. The van der Waals surface area contributed by atoms with Gasteiger partial charge in [-0.2, -0.15) is 0 Å². The number of hydrogen-bond donors (Lipinski definition) is 0. The van der Waals surface area contributed by atoms with Crippen LogP contribution in [0.5, 0.6) is 0 Å². The van der Waals surface area contributed by atoms with Crippen LogP contribution in [0.1, 0.15) is 60.5 Å². The lowest BCUT2D eigenvalue weighted by Gasteiger charge is -2.19. The number of Topliss-reactive ketones (excluding diaryl/α,β-unsaturated/α-hetero) is 3. The van der Waals surface area contributed by atoms with Crippen molar-refractivity contribution in [3.63, 3.8) is 0 Å². The summed E-state index contributed by atoms with van der Waals surface area (Å²) in [4.78, 5) is 35.1. The van der Waals surface area contributed by atoms with Gasteiger partial charge in [0.05, 0.1) is 0 Å². The highest BCUT2D eigenvalue weighted by molar-refractivity contribution is 5.94. The predicted octanol–water partition coefficient (Wildman–Crippen LogP) is 3.46. The topological polar surface area (TPSA) is 51.2 Å². The maximum absolute atomic E-state index is 12.2. The van der Waals surface area contributed by atoms with Crippen molar-refractivity contribution in [1.29, 1.82) is 0 Å². The molecule has 0 amide bonds. The Morgan fingerprint density at radius 2 is 2.00 bits per heavy atom. The lowest BCUT2D eigenvalue weighted by atomic mass is 9.83. The van der Waals surface area contributed by atoms with Crippen LogP contribution in [0.25, 0.3) is 0 Å². The highest BCUT2D eigenvalue weighted by Gasteiger charge is 2.25. The summed E-state index contributed by atoms with van der Waals surface area (Å²) in [6.45, 7) is 3.51. The van der Waals surface area contributed by atoms with E-state index in [4.69, 9.17) is 0 Å². The van der Waals surface area contributed by atoms with Gasteiger partial charge in [0.2, 0.25) is 0 Å². The minimum absolute atomic E-state index is 0.0455. The zero-order valence-electron chi connectivity index (χ0n) is 12.8. The third kappa shape index (κ3) is 4.35. The van der Waals surface area contributed by atoms with Crippen molar-refractivity contribution in [2.24, 2.45) is 5.92 Å². The van der Waals surface area contributed by atoms with E-state index in [1.807, 2.05) is 25.1 Å². The molecule has 0 radical (unpaired) electrons. The van der Waals surface area contributed by atoms with Crippen LogP contribution in [0.4, 0.5) is 0 Å². The number of aryl methyl sites for hydroxylation is 2. The Labute approximate surface area is 125 Å². The molecule has 1 aliphatic carbocycles. The first kappa shape index (κ1) is 15.6. The average molecular weight is 286 g/mol. The van der Waals surface area contributed by atoms with Crippen LogP contribution >= 0.6 is 0 Å². The second-order valence-electron chi connectivity index (χ2n) is 6.06. The molecular formula is C18H22O3. The van der Waals surface area contributed by atoms with E-state index in [2.05, 4.69) is 0 Å². The monoisotopic (exact) mass is 286 g/mol. The van der Waals surface area contributed by atoms with Crippen LogP contribution in [0.3, 0.4) is 0 Å². The minimum atomic E-state index is -0.0802. The van der Waals surface area contributed by atoms with Crippen molar-refractivity contribution in [2.75, 3.05) is 0 Å². The second kappa shape index (κ2) is 6.79. The third-order valence-corrected chi connectivity index (χ3v) is 4.14. The molecule has 0 aliphatic heterocycles. The maximum atomic E-state index is 12.2. The lowest BCUT2D eigenvalue weighted by molar-refractivity contribution is -0.130. The van der Waals surface area contributed by atoms with Crippen LogP contribution in [0.15, 0.2) is 18.2 Å². The van der Waals surface area contributed by atoms with E-state index in [1.54, 1.807) is 6.92 Å². The largest absolute Gasteiger partial charge is 0.300 e. The van der Waals surface area contributed by atoms with Gasteiger partial charge in [-0.15, -0.1) is 0 Å². The van der Waals surface area contributed by atoms with Gasteiger partial charge in [-0.1, -0.05) is 11.6 Å². The highest BCUT2D eigenvalue weighted by atomic mass is 16.1. The molecule has 1 aromatic carbocycles. The predicted molar refractivity (Wildman–Crippen MR) is 81.5 cm³/mol. The Morgan fingerprint density at radius 1 is 1.24 bits per heavy atom. The Balaban J connectivity index is 1.97. The zero-order chi connectivity index (χ0) is 15.4. The summed E-state index contributed by atoms with van der Waals surface area (Å²) in [5.41, 5.74) is 2.76. The lowest BCUT2D eigenvalue weighted by Crippen LogP contribution is -2.23. The summed E-state index contributed by atoms with van der Waals surface area (Å²) < 4.78 is 0. The van der Waals surface area contributed by atoms with Gasteiger partial charge in [-0.25, -0.2) is 0 Å². The van der Waals surface area contributed by atoms with Crippen molar-refractivity contribution in [2.45, 2.75) is 52.4 Å². The molecular weight excluding hydrogens is 264 g/mol. The molecule has 0 spiro atoms. The molecule has 21 heavy (non-hydrogen) atoms. The van der Waals surface area contributed by atoms with Crippen LogP contribution < -0.4 is 0 Å². The van der Waals surface area contributed by atoms with E-state index in [0.29, 0.717) is 31.2 Å². The van der Waals surface area contributed by atoms with E-state index < -0.39 is 0 Å². The van der Waals surface area contributed by atoms with Crippen molar-refractivity contribution in [3.05, 3.63) is 34.9 Å². The SMILES string of the molecule is CC(=O)c1cc(C)cc(CCC(=O)C2CCCC(=O)C2)c1. The number of benzene rings is 1. The molecule has 1 saturated carbocycles. The molecule has 3 heteroatoms. The van der Waals surface area contributed by atoms with Crippen LogP contribution in [-0.4, -0.2) is 17.3 Å². The number of ketones is 3. The first-order chi connectivity index (χ1) is 9.95. The molecule has 0 saturated heterocycles. The Morgan fingerprint density at radius 3 is 2.67 bits per heavy atom. The molecule has 0 bridgehead atoms. The third-order valence-electron chi connectivity index (χ3n) is 4.14. The van der Waals surface area contributed by atoms with E-state index in [-0.39, 0.29) is 23.3 Å². The minimum Gasteiger partial charge on any atom is -0.300 e. The van der Waals surface area contributed by atoms with Crippen LogP contribution in [-0.2, 0) is 16.0 Å². The van der Waals surface area contributed by atoms with E-state index in [0.717, 1.165) is 24.0 Å². The zero-order valence-corrected chi connectivity index (χ0v) is 12.8. The van der Waals surface area contributed by atoms with Crippen LogP contribution in [0, 0.1) is 12.8 Å². The smallest absolute Gasteiger partial charge is 0.159 e. The van der Waals surface area contributed by atoms with Gasteiger partial charge in [0.15, 0.2) is 5.78 Å². The summed E-state index contributed by atoms with van der Waals surface area (Å²) in [6.07, 6.45) is 3.84. The molecule has 0 heterocycles. The molecule has 2 rings (SSSR count). The first-order valence-corrected chi connectivity index (χ1v) is 7.61. The van der Waals surface area contributed by atoms with E-state index >= 15 is 0 Å². The number of carbonyl (C=O) groups is 3. The standard InChI is InChI=1S/C18H22O3/c1-12-8-14(10-16(9-12)13(2)19)6-7-18(21)15-4-3-5-17(20)11-15/h8-10,15H,3-7,11H2,1-2H3.